The molecule has 8 nitrogen and oxygen atoms in total. The van der Waals surface area contributed by atoms with E-state index < -0.39 is 0 Å². The average Bonchev–Trinajstić information content (AvgIpc) is 3.15. The van der Waals surface area contributed by atoms with Crippen molar-refractivity contribution in [1.29, 1.82) is 0 Å². The number of amides is 2. The smallest absolute Gasteiger partial charge is 0.409 e. The summed E-state index contributed by atoms with van der Waals surface area (Å²) in [6.45, 7) is 4.06. The molecule has 0 saturated carbocycles. The zero-order chi connectivity index (χ0) is 19.2. The Balaban J connectivity index is 1.48. The molecular formula is C18H21ClN4O4. The summed E-state index contributed by atoms with van der Waals surface area (Å²) in [5.74, 6) is 0.854. The Bertz CT molecular complexity index is 802. The first kappa shape index (κ1) is 19.2. The predicted molar refractivity (Wildman–Crippen MR) is 98.2 cm³/mol. The zero-order valence-electron chi connectivity index (χ0n) is 15.1. The summed E-state index contributed by atoms with van der Waals surface area (Å²) >= 11 is 5.97. The van der Waals surface area contributed by atoms with Crippen molar-refractivity contribution in [1.82, 2.24) is 19.9 Å². The highest BCUT2D eigenvalue weighted by atomic mass is 35.5. The molecule has 9 heteroatoms. The van der Waals surface area contributed by atoms with E-state index in [1.165, 1.54) is 0 Å². The molecule has 3 rings (SSSR count). The number of carbonyl (C=O) groups excluding carboxylic acids is 2. The Kier molecular flexibility index (Phi) is 6.28. The third kappa shape index (κ3) is 4.97. The van der Waals surface area contributed by atoms with E-state index in [4.69, 9.17) is 20.9 Å². The topological polar surface area (TPSA) is 88.8 Å². The van der Waals surface area contributed by atoms with E-state index >= 15 is 0 Å². The van der Waals surface area contributed by atoms with E-state index in [1.807, 2.05) is 12.1 Å². The fraction of sp³-hybridized carbons (Fsp3) is 0.444. The van der Waals surface area contributed by atoms with Gasteiger partial charge in [0.25, 0.3) is 0 Å². The van der Waals surface area contributed by atoms with Crippen molar-refractivity contribution in [3.63, 3.8) is 0 Å². The van der Waals surface area contributed by atoms with Gasteiger partial charge in [0, 0.05) is 49.6 Å². The van der Waals surface area contributed by atoms with Gasteiger partial charge in [0.05, 0.1) is 6.61 Å². The summed E-state index contributed by atoms with van der Waals surface area (Å²) < 4.78 is 10.2. The fourth-order valence-corrected chi connectivity index (χ4v) is 3.02. The van der Waals surface area contributed by atoms with Crippen molar-refractivity contribution in [2.75, 3.05) is 32.8 Å². The normalized spacial score (nSPS) is 14.3. The lowest BCUT2D eigenvalue weighted by Crippen LogP contribution is -2.50. The summed E-state index contributed by atoms with van der Waals surface area (Å²) in [5.41, 5.74) is 0.763. The van der Waals surface area contributed by atoms with Gasteiger partial charge in [-0.05, 0) is 19.1 Å². The maximum Gasteiger partial charge on any atom is 0.409 e. The summed E-state index contributed by atoms with van der Waals surface area (Å²) in [6.07, 6.45) is 0.310. The van der Waals surface area contributed by atoms with Gasteiger partial charge in [0.15, 0.2) is 0 Å². The Morgan fingerprint density at radius 1 is 1.22 bits per heavy atom. The highest BCUT2D eigenvalue weighted by Crippen LogP contribution is 2.20. The monoisotopic (exact) mass is 392 g/mol. The first-order valence-electron chi connectivity index (χ1n) is 8.85. The molecule has 144 valence electrons. The summed E-state index contributed by atoms with van der Waals surface area (Å²) in [6, 6.07) is 7.18. The second-order valence-electron chi connectivity index (χ2n) is 6.09. The molecule has 2 aromatic rings. The van der Waals surface area contributed by atoms with E-state index in [0.29, 0.717) is 55.9 Å². The lowest BCUT2D eigenvalue weighted by atomic mass is 10.2. The molecule has 0 spiro atoms. The van der Waals surface area contributed by atoms with E-state index in [1.54, 1.807) is 28.9 Å². The van der Waals surface area contributed by atoms with E-state index in [9.17, 15) is 9.59 Å². The summed E-state index contributed by atoms with van der Waals surface area (Å²) in [4.78, 5) is 31.7. The summed E-state index contributed by atoms with van der Waals surface area (Å²) in [7, 11) is 0. The maximum absolute atomic E-state index is 12.4. The zero-order valence-corrected chi connectivity index (χ0v) is 15.8. The van der Waals surface area contributed by atoms with Gasteiger partial charge in [-0.25, -0.2) is 4.79 Å². The number of halogens is 1. The van der Waals surface area contributed by atoms with Crippen molar-refractivity contribution in [2.45, 2.75) is 19.8 Å². The fourth-order valence-electron chi connectivity index (χ4n) is 2.83. The molecule has 0 aliphatic carbocycles. The van der Waals surface area contributed by atoms with Crippen LogP contribution in [-0.2, 0) is 16.0 Å². The van der Waals surface area contributed by atoms with Gasteiger partial charge in [-0.1, -0.05) is 28.9 Å². The number of carbonyl (C=O) groups is 2. The van der Waals surface area contributed by atoms with Crippen molar-refractivity contribution in [3.8, 4) is 11.4 Å². The van der Waals surface area contributed by atoms with Crippen LogP contribution in [-0.4, -0.2) is 64.7 Å². The maximum atomic E-state index is 12.4. The number of aryl methyl sites for hydroxylation is 1. The van der Waals surface area contributed by atoms with Crippen LogP contribution in [0.15, 0.2) is 28.8 Å². The standard InChI is InChI=1S/C18H21ClN4O4/c1-2-26-18(25)23-10-8-22(9-11-23)16(24)7-6-15-20-17(21-27-15)13-4-3-5-14(19)12-13/h3-5,12H,2,6-11H2,1H3. The van der Waals surface area contributed by atoms with Crippen LogP contribution in [0.1, 0.15) is 19.2 Å². The predicted octanol–water partition coefficient (Wildman–Crippen LogP) is 2.62. The van der Waals surface area contributed by atoms with Crippen LogP contribution in [0.2, 0.25) is 5.02 Å². The van der Waals surface area contributed by atoms with Gasteiger partial charge in [0.2, 0.25) is 17.6 Å². The molecule has 0 unspecified atom stereocenters. The number of benzene rings is 1. The second-order valence-corrected chi connectivity index (χ2v) is 6.53. The molecule has 0 bridgehead atoms. The van der Waals surface area contributed by atoms with Crippen LogP contribution in [0, 0.1) is 0 Å². The van der Waals surface area contributed by atoms with Crippen molar-refractivity contribution in [3.05, 3.63) is 35.2 Å². The van der Waals surface area contributed by atoms with Crippen LogP contribution in [0.5, 0.6) is 0 Å². The molecule has 0 atom stereocenters. The van der Waals surface area contributed by atoms with E-state index in [2.05, 4.69) is 10.1 Å². The first-order chi connectivity index (χ1) is 13.1. The van der Waals surface area contributed by atoms with Crippen LogP contribution in [0.25, 0.3) is 11.4 Å². The summed E-state index contributed by atoms with van der Waals surface area (Å²) in [5, 5.41) is 4.53. The molecule has 0 radical (unpaired) electrons. The minimum absolute atomic E-state index is 0.000939. The van der Waals surface area contributed by atoms with Gasteiger partial charge < -0.3 is 19.1 Å². The van der Waals surface area contributed by atoms with Crippen molar-refractivity contribution in [2.24, 2.45) is 0 Å². The highest BCUT2D eigenvalue weighted by Gasteiger charge is 2.25. The Morgan fingerprint density at radius 3 is 2.67 bits per heavy atom. The molecule has 2 heterocycles. The number of nitrogens with zero attached hydrogens (tertiary/aromatic N) is 4. The molecule has 1 aromatic carbocycles. The molecule has 1 fully saturated rings. The SMILES string of the molecule is CCOC(=O)N1CCN(C(=O)CCc2nc(-c3cccc(Cl)c3)no2)CC1. The van der Waals surface area contributed by atoms with Crippen molar-refractivity contribution < 1.29 is 18.8 Å². The van der Waals surface area contributed by atoms with E-state index in [0.717, 1.165) is 5.56 Å². The highest BCUT2D eigenvalue weighted by molar-refractivity contribution is 6.30. The number of hydrogen-bond donors (Lipinski definition) is 0. The largest absolute Gasteiger partial charge is 0.450 e. The van der Waals surface area contributed by atoms with Gasteiger partial charge in [-0.15, -0.1) is 0 Å². The Hall–Kier alpha value is -2.61. The molecule has 27 heavy (non-hydrogen) atoms. The average molecular weight is 393 g/mol. The van der Waals surface area contributed by atoms with Crippen LogP contribution in [0.4, 0.5) is 4.79 Å². The van der Waals surface area contributed by atoms with Crippen LogP contribution in [0.3, 0.4) is 0 Å². The number of rotatable bonds is 5. The first-order valence-corrected chi connectivity index (χ1v) is 9.22. The lowest BCUT2D eigenvalue weighted by Gasteiger charge is -2.34. The minimum Gasteiger partial charge on any atom is -0.450 e. The second kappa shape index (κ2) is 8.85. The molecule has 1 saturated heterocycles. The molecule has 1 aliphatic heterocycles. The quantitative estimate of drug-likeness (QED) is 0.777. The molecule has 1 aliphatic rings. The number of hydrogen-bond acceptors (Lipinski definition) is 6. The van der Waals surface area contributed by atoms with E-state index in [-0.39, 0.29) is 18.4 Å². The Labute approximate surface area is 162 Å². The van der Waals surface area contributed by atoms with Crippen LogP contribution < -0.4 is 0 Å². The molecular weight excluding hydrogens is 372 g/mol. The van der Waals surface area contributed by atoms with Gasteiger partial charge in [-0.2, -0.15) is 4.98 Å². The van der Waals surface area contributed by atoms with Crippen LogP contribution >= 0.6 is 11.6 Å². The third-order valence-electron chi connectivity index (χ3n) is 4.26. The number of piperazine rings is 1. The molecule has 0 N–H and O–H groups in total. The van der Waals surface area contributed by atoms with Crippen molar-refractivity contribution >= 4 is 23.6 Å². The van der Waals surface area contributed by atoms with Gasteiger partial charge in [0.1, 0.15) is 0 Å². The lowest BCUT2D eigenvalue weighted by molar-refractivity contribution is -0.132. The third-order valence-corrected chi connectivity index (χ3v) is 4.50. The minimum atomic E-state index is -0.330. The Morgan fingerprint density at radius 2 is 1.96 bits per heavy atom. The number of aromatic nitrogens is 2. The molecule has 1 aromatic heterocycles. The van der Waals surface area contributed by atoms with Gasteiger partial charge >= 0.3 is 6.09 Å². The van der Waals surface area contributed by atoms with Gasteiger partial charge in [-0.3, -0.25) is 4.79 Å². The number of ether oxygens (including phenoxy) is 1. The molecule has 2 amide bonds.